The van der Waals surface area contributed by atoms with Crippen LogP contribution >= 0.6 is 7.82 Å². The molecule has 1 saturated carbocycles. The van der Waals surface area contributed by atoms with E-state index in [1.54, 1.807) is 0 Å². The fraction of sp³-hybridized carbons (Fsp3) is 1.00. The van der Waals surface area contributed by atoms with Crippen LogP contribution in [0.25, 0.3) is 0 Å². The number of hydrogen-bond acceptors (Lipinski definition) is 4. The average molecular weight is 401 g/mol. The van der Waals surface area contributed by atoms with Crippen molar-refractivity contribution in [1.29, 1.82) is 0 Å². The molecular weight excluding hydrogens is 355 g/mol. The maximum Gasteiger partial charge on any atom is 0.496 e. The third-order valence-electron chi connectivity index (χ3n) is 4.44. The van der Waals surface area contributed by atoms with Crippen molar-refractivity contribution >= 4 is 7.82 Å². The van der Waals surface area contributed by atoms with Crippen LogP contribution in [0.2, 0.25) is 0 Å². The lowest BCUT2D eigenvalue weighted by atomic mass is 9.64. The zero-order chi connectivity index (χ0) is 17.7. The molecule has 0 spiro atoms. The van der Waals surface area contributed by atoms with Crippen molar-refractivity contribution < 1.29 is 28.7 Å². The third-order valence-corrected chi connectivity index (χ3v) is 4.73. The summed E-state index contributed by atoms with van der Waals surface area (Å²) in [6.07, 6.45) is 5.79. The van der Waals surface area contributed by atoms with Crippen LogP contribution < -0.4 is 0 Å². The molecule has 0 saturated heterocycles. The second kappa shape index (κ2) is 12.5. The highest BCUT2D eigenvalue weighted by atomic mass is 31.2. The highest BCUT2D eigenvalue weighted by Crippen LogP contribution is 2.45. The lowest BCUT2D eigenvalue weighted by Crippen LogP contribution is -2.34. The van der Waals surface area contributed by atoms with Gasteiger partial charge in [0.05, 0.1) is 12.7 Å². The van der Waals surface area contributed by atoms with E-state index in [1.807, 2.05) is 0 Å². The Morgan fingerprint density at radius 2 is 1.42 bits per heavy atom. The predicted molar refractivity (Wildman–Crippen MR) is 109 cm³/mol. The van der Waals surface area contributed by atoms with Gasteiger partial charge in [-0.2, -0.15) is 0 Å². The van der Waals surface area contributed by atoms with Crippen LogP contribution in [0, 0.1) is 16.7 Å². The maximum absolute atomic E-state index is 10.4. The van der Waals surface area contributed by atoms with E-state index in [4.69, 9.17) is 14.5 Å². The summed E-state index contributed by atoms with van der Waals surface area (Å²) in [6, 6.07) is 0. The maximum atomic E-state index is 10.4. The molecule has 1 aliphatic rings. The smallest absolute Gasteiger partial charge is 0.376 e. The van der Waals surface area contributed by atoms with E-state index >= 15 is 0 Å². The van der Waals surface area contributed by atoms with E-state index in [0.29, 0.717) is 10.8 Å². The molecule has 0 aromatic heterocycles. The minimum Gasteiger partial charge on any atom is -0.376 e. The van der Waals surface area contributed by atoms with Gasteiger partial charge in [0.15, 0.2) is 0 Å². The largest absolute Gasteiger partial charge is 0.496 e. The highest BCUT2D eigenvalue weighted by Gasteiger charge is 2.36. The molecule has 0 heterocycles. The van der Waals surface area contributed by atoms with Gasteiger partial charge in [0.25, 0.3) is 0 Å². The molecule has 1 fully saturated rings. The number of phosphoric acid groups is 1. The Hall–Kier alpha value is 0.0300. The van der Waals surface area contributed by atoms with Gasteiger partial charge >= 0.3 is 7.82 Å². The molecule has 162 valence electrons. The van der Waals surface area contributed by atoms with Crippen LogP contribution in [0.5, 0.6) is 0 Å². The third kappa shape index (κ3) is 13.2. The molecule has 0 radical (unpaired) electrons. The van der Waals surface area contributed by atoms with Crippen LogP contribution in [0.4, 0.5) is 0 Å². The van der Waals surface area contributed by atoms with Crippen molar-refractivity contribution in [2.45, 2.75) is 95.1 Å². The Kier molecular flexibility index (Phi) is 14.8. The number of rotatable bonds is 8. The first-order chi connectivity index (χ1) is 10.4. The lowest BCUT2D eigenvalue weighted by Gasteiger charge is -2.42. The van der Waals surface area contributed by atoms with Crippen molar-refractivity contribution in [3.63, 3.8) is 0 Å². The van der Waals surface area contributed by atoms with Crippen LogP contribution in [0.15, 0.2) is 0 Å². The van der Waals surface area contributed by atoms with Gasteiger partial charge in [0.1, 0.15) is 6.61 Å². The fourth-order valence-electron chi connectivity index (χ4n) is 3.88. The Balaban J connectivity index is -0.00000176. The van der Waals surface area contributed by atoms with Crippen molar-refractivity contribution in [3.8, 4) is 0 Å². The average Bonchev–Trinajstić information content (AvgIpc) is 2.34. The summed E-state index contributed by atoms with van der Waals surface area (Å²) in [5.74, 6) is 0.718. The second-order valence-electron chi connectivity index (χ2n) is 8.46. The van der Waals surface area contributed by atoms with Gasteiger partial charge in [-0.1, -0.05) is 56.9 Å². The fourth-order valence-corrected chi connectivity index (χ4v) is 4.09. The van der Waals surface area contributed by atoms with E-state index in [0.717, 1.165) is 31.6 Å². The summed E-state index contributed by atoms with van der Waals surface area (Å²) in [5, 5.41) is 0. The highest BCUT2D eigenvalue weighted by molar-refractivity contribution is 7.46. The van der Waals surface area contributed by atoms with Crippen molar-refractivity contribution in [3.05, 3.63) is 0 Å². The van der Waals surface area contributed by atoms with Crippen LogP contribution in [-0.4, -0.2) is 29.1 Å². The first kappa shape index (κ1) is 30.7. The van der Waals surface area contributed by atoms with Crippen LogP contribution in [-0.2, 0) is 18.9 Å². The minimum atomic E-state index is -4.56. The monoisotopic (exact) mass is 400 g/mol. The van der Waals surface area contributed by atoms with Gasteiger partial charge in [-0.15, -0.1) is 4.67 Å². The molecule has 0 amide bonds. The molecule has 0 aromatic rings. The van der Waals surface area contributed by atoms with Gasteiger partial charge in [-0.3, -0.25) is 0 Å². The van der Waals surface area contributed by atoms with E-state index in [-0.39, 0.29) is 41.6 Å². The van der Waals surface area contributed by atoms with Crippen LogP contribution in [0.3, 0.4) is 0 Å². The molecule has 1 aliphatic carbocycles. The normalized spacial score (nSPS) is 21.2. The summed E-state index contributed by atoms with van der Waals surface area (Å²) < 4.78 is 20.0. The Morgan fingerprint density at radius 3 is 1.85 bits per heavy atom. The molecule has 0 aromatic carbocycles. The van der Waals surface area contributed by atoms with Crippen LogP contribution in [0.1, 0.15) is 89.0 Å². The summed E-state index contributed by atoms with van der Waals surface area (Å²) in [7, 11) is -4.56. The Morgan fingerprint density at radius 1 is 0.923 bits per heavy atom. The van der Waals surface area contributed by atoms with Gasteiger partial charge in [0, 0.05) is 0 Å². The van der Waals surface area contributed by atoms with Gasteiger partial charge in [-0.05, 0) is 48.9 Å². The molecule has 0 unspecified atom stereocenters. The van der Waals surface area contributed by atoms with Gasteiger partial charge in [-0.25, -0.2) is 9.45 Å². The minimum absolute atomic E-state index is 0. The van der Waals surface area contributed by atoms with Gasteiger partial charge < -0.3 is 14.5 Å². The summed E-state index contributed by atoms with van der Waals surface area (Å²) in [4.78, 5) is 21.4. The summed E-state index contributed by atoms with van der Waals surface area (Å²) in [5.41, 5.74) is 0.677. The lowest BCUT2D eigenvalue weighted by molar-refractivity contribution is -0.232. The zero-order valence-electron chi connectivity index (χ0n) is 15.1. The molecule has 1 rings (SSSR count). The van der Waals surface area contributed by atoms with E-state index < -0.39 is 7.82 Å². The second-order valence-corrected chi connectivity index (χ2v) is 9.59. The SMILES string of the molecule is C.C.C.CC(C)(C)CC(C)(C)C1CCC(OCCOOP(=O)(O)O)CC1. The quantitative estimate of drug-likeness (QED) is 0.226. The van der Waals surface area contributed by atoms with Crippen molar-refractivity contribution in [2.24, 2.45) is 16.7 Å². The molecule has 6 nitrogen and oxygen atoms in total. The van der Waals surface area contributed by atoms with Gasteiger partial charge in [0.2, 0.25) is 0 Å². The molecule has 2 N–H and O–H groups in total. The Bertz CT molecular complexity index is 391. The zero-order valence-corrected chi connectivity index (χ0v) is 16.0. The number of hydrogen-bond donors (Lipinski definition) is 2. The topological polar surface area (TPSA) is 85.2 Å². The first-order valence-corrected chi connectivity index (χ1v) is 9.90. The standard InChI is InChI=1S/C16H33O6P.3CH4/c1-15(2,3)12-16(4,5)13-6-8-14(9-7-13)20-10-11-21-22-23(17,18)19;;;/h13-14H,6-12H2,1-5H3,(H2,17,18,19);3*1H4. The molecule has 7 heteroatoms. The predicted octanol–water partition coefficient (Wildman–Crippen LogP) is 5.97. The summed E-state index contributed by atoms with van der Waals surface area (Å²) >= 11 is 0. The van der Waals surface area contributed by atoms with E-state index in [1.165, 1.54) is 6.42 Å². The van der Waals surface area contributed by atoms with Crippen molar-refractivity contribution in [2.75, 3.05) is 13.2 Å². The molecule has 26 heavy (non-hydrogen) atoms. The molecular formula is C19H45O6P. The first-order valence-electron chi connectivity index (χ1n) is 8.37. The molecule has 0 bridgehead atoms. The number of ether oxygens (including phenoxy) is 1. The van der Waals surface area contributed by atoms with Crippen molar-refractivity contribution in [1.82, 2.24) is 0 Å². The Labute approximate surface area is 162 Å². The summed E-state index contributed by atoms with van der Waals surface area (Å²) in [6.45, 7) is 11.9. The van der Waals surface area contributed by atoms with E-state index in [2.05, 4.69) is 44.2 Å². The molecule has 0 atom stereocenters. The molecule has 0 aliphatic heterocycles. The van der Waals surface area contributed by atoms with E-state index in [9.17, 15) is 4.57 Å².